The number of fused-ring (bicyclic) bond motifs is 3. The Morgan fingerprint density at radius 3 is 2.60 bits per heavy atom. The number of hydrogen-bond acceptors (Lipinski definition) is 3. The highest BCUT2D eigenvalue weighted by atomic mass is 35.5. The molecule has 3 N–H and O–H groups in total. The summed E-state index contributed by atoms with van der Waals surface area (Å²) in [4.78, 5) is 12.7. The second kappa shape index (κ2) is 3.96. The van der Waals surface area contributed by atoms with Crippen LogP contribution in [0.1, 0.15) is 12.0 Å². The van der Waals surface area contributed by atoms with Gasteiger partial charge in [0.25, 0.3) is 6.13 Å². The minimum absolute atomic E-state index is 0.310. The van der Waals surface area contributed by atoms with Gasteiger partial charge in [-0.3, -0.25) is 4.79 Å². The van der Waals surface area contributed by atoms with Crippen molar-refractivity contribution in [2.24, 2.45) is 5.73 Å². The Bertz CT molecular complexity index is 613. The van der Waals surface area contributed by atoms with E-state index in [1.165, 1.54) is 0 Å². The summed E-state index contributed by atoms with van der Waals surface area (Å²) in [5.74, 6) is -0.310. The van der Waals surface area contributed by atoms with Crippen molar-refractivity contribution in [3.63, 3.8) is 0 Å². The third kappa shape index (κ3) is 1.32. The standard InChI is InChI=1S/C12H16B4ClNO2/c13-10(14)5-8(19)9(20)11(18)6-3-1-2-4-7(6)16(17)12(10,11)15/h1-4,8,19H,5,13-15,18H2. The molecule has 0 bridgehead atoms. The molecule has 3 unspecified atom stereocenters. The number of hydrogen-bond donors (Lipinski definition) is 2. The Labute approximate surface area is 126 Å². The molecule has 3 nitrogen and oxygen atoms in total. The van der Waals surface area contributed by atoms with Gasteiger partial charge in [-0.05, 0) is 17.2 Å². The van der Waals surface area contributed by atoms with Gasteiger partial charge < -0.3 is 10.8 Å². The molecule has 0 spiro atoms. The fourth-order valence-corrected chi connectivity index (χ4v) is 4.84. The monoisotopic (exact) mass is 285 g/mol. The number of aliphatic hydroxyl groups is 1. The fraction of sp³-hybridized carbons (Fsp3) is 0.417. The molecule has 1 aliphatic heterocycles. The normalized spacial score (nSPS) is 38.5. The maximum absolute atomic E-state index is 12.7. The van der Waals surface area contributed by atoms with Gasteiger partial charge in [0.05, 0.1) is 21.2 Å². The van der Waals surface area contributed by atoms with Crippen LogP contribution in [-0.4, -0.2) is 46.7 Å². The number of ketones is 1. The van der Waals surface area contributed by atoms with Crippen LogP contribution in [0.15, 0.2) is 24.3 Å². The lowest BCUT2D eigenvalue weighted by atomic mass is 9.18. The summed E-state index contributed by atoms with van der Waals surface area (Å²) < 4.78 is 0. The Kier molecular flexibility index (Phi) is 2.84. The summed E-state index contributed by atoms with van der Waals surface area (Å²) in [6.45, 7) is 0. The van der Waals surface area contributed by atoms with E-state index in [9.17, 15) is 9.90 Å². The van der Waals surface area contributed by atoms with Crippen molar-refractivity contribution in [2.45, 2.75) is 28.5 Å². The lowest BCUT2D eigenvalue weighted by Gasteiger charge is -2.57. The Morgan fingerprint density at radius 2 is 1.95 bits per heavy atom. The Hall–Kier alpha value is -0.640. The van der Waals surface area contributed by atoms with Crippen molar-refractivity contribution in [3.8, 4) is 0 Å². The van der Waals surface area contributed by atoms with E-state index >= 15 is 0 Å². The van der Waals surface area contributed by atoms with Crippen molar-refractivity contribution in [1.82, 2.24) is 0 Å². The largest absolute Gasteiger partial charge is 0.385 e. The number of aliphatic hydroxyl groups excluding tert-OH is 1. The van der Waals surface area contributed by atoms with Gasteiger partial charge in [0.1, 0.15) is 14.0 Å². The van der Waals surface area contributed by atoms with Crippen molar-refractivity contribution in [1.29, 1.82) is 0 Å². The van der Waals surface area contributed by atoms with Crippen molar-refractivity contribution >= 4 is 52.4 Å². The highest BCUT2D eigenvalue weighted by Crippen LogP contribution is 2.66. The van der Waals surface area contributed by atoms with E-state index in [0.29, 0.717) is 6.42 Å². The van der Waals surface area contributed by atoms with E-state index in [2.05, 4.69) is 0 Å². The van der Waals surface area contributed by atoms with E-state index in [0.717, 1.165) is 11.0 Å². The second-order valence-corrected chi connectivity index (χ2v) is 7.36. The fourth-order valence-electron chi connectivity index (χ4n) is 4.18. The molecule has 0 saturated heterocycles. The highest BCUT2D eigenvalue weighted by molar-refractivity contribution is 7.20. The molecule has 20 heavy (non-hydrogen) atoms. The average Bonchev–Trinajstić information content (AvgIpc) is 2.59. The SMILES string of the molecule is BC1(B)CC(O)C(=O)C2(N)c3ccccc3B(Cl)C12B. The number of benzene rings is 1. The summed E-state index contributed by atoms with van der Waals surface area (Å²) in [6.07, 6.45) is -0.980. The summed E-state index contributed by atoms with van der Waals surface area (Å²) >= 11 is 6.73. The molecule has 1 heterocycles. The maximum atomic E-state index is 12.7. The van der Waals surface area contributed by atoms with Crippen molar-refractivity contribution < 1.29 is 9.90 Å². The molecular weight excluding hydrogens is 269 g/mol. The lowest BCUT2D eigenvalue weighted by Crippen LogP contribution is -2.66. The van der Waals surface area contributed by atoms with Crippen LogP contribution in [0.25, 0.3) is 0 Å². The molecule has 1 aliphatic carbocycles. The zero-order valence-corrected chi connectivity index (χ0v) is 12.7. The van der Waals surface area contributed by atoms with Crippen molar-refractivity contribution in [3.05, 3.63) is 29.8 Å². The van der Waals surface area contributed by atoms with Gasteiger partial charge in [-0.15, -0.1) is 0 Å². The first kappa shape index (κ1) is 14.3. The quantitative estimate of drug-likeness (QED) is 0.511. The third-order valence-electron chi connectivity index (χ3n) is 5.79. The Morgan fingerprint density at radius 1 is 1.35 bits per heavy atom. The summed E-state index contributed by atoms with van der Waals surface area (Å²) in [7, 11) is 6.05. The third-order valence-corrected chi connectivity index (χ3v) is 6.46. The van der Waals surface area contributed by atoms with E-state index in [1.54, 1.807) is 0 Å². The summed E-state index contributed by atoms with van der Waals surface area (Å²) in [6, 6.07) is 7.57. The molecule has 1 fully saturated rings. The van der Waals surface area contributed by atoms with Crippen LogP contribution in [0, 0.1) is 0 Å². The van der Waals surface area contributed by atoms with Gasteiger partial charge in [0.2, 0.25) is 0 Å². The van der Waals surface area contributed by atoms with E-state index < -0.39 is 16.9 Å². The van der Waals surface area contributed by atoms with Gasteiger partial charge in [-0.2, -0.15) is 11.5 Å². The van der Waals surface area contributed by atoms with Gasteiger partial charge >= 0.3 is 0 Å². The first-order valence-electron chi connectivity index (χ1n) is 6.92. The van der Waals surface area contributed by atoms with Crippen LogP contribution in [-0.2, 0) is 10.3 Å². The van der Waals surface area contributed by atoms with Crippen LogP contribution in [0.5, 0.6) is 0 Å². The zero-order chi connectivity index (χ0) is 14.9. The minimum atomic E-state index is -1.23. The summed E-state index contributed by atoms with van der Waals surface area (Å²) in [5.41, 5.74) is 7.07. The smallest absolute Gasteiger partial charge is 0.283 e. The number of carbonyl (C=O) groups is 1. The van der Waals surface area contributed by atoms with Gasteiger partial charge in [0, 0.05) is 0 Å². The van der Waals surface area contributed by atoms with Crippen LogP contribution in [0.4, 0.5) is 0 Å². The molecule has 8 heteroatoms. The second-order valence-electron chi connectivity index (χ2n) is 6.93. The predicted octanol–water partition coefficient (Wildman–Crippen LogP) is -2.66. The average molecular weight is 285 g/mol. The molecular formula is C12H16B4ClNO2. The van der Waals surface area contributed by atoms with Crippen LogP contribution >= 0.6 is 11.5 Å². The Balaban J connectivity index is 2.36. The lowest BCUT2D eigenvalue weighted by molar-refractivity contribution is -0.137. The van der Waals surface area contributed by atoms with Gasteiger partial charge in [-0.1, -0.05) is 34.9 Å². The van der Waals surface area contributed by atoms with Crippen LogP contribution in [0.3, 0.4) is 0 Å². The zero-order valence-electron chi connectivity index (χ0n) is 12.0. The van der Waals surface area contributed by atoms with E-state index in [4.69, 9.17) is 17.2 Å². The first-order valence-corrected chi connectivity index (χ1v) is 7.36. The molecule has 1 aromatic carbocycles. The molecule has 100 valence electrons. The molecule has 3 rings (SSSR count). The number of rotatable bonds is 0. The first-order chi connectivity index (χ1) is 9.18. The number of halogens is 1. The topological polar surface area (TPSA) is 63.3 Å². The summed E-state index contributed by atoms with van der Waals surface area (Å²) in [5, 5.41) is 9.21. The predicted molar refractivity (Wildman–Crippen MR) is 90.2 cm³/mol. The molecule has 1 aromatic rings. The molecule has 3 atom stereocenters. The van der Waals surface area contributed by atoms with Crippen LogP contribution < -0.4 is 11.2 Å². The van der Waals surface area contributed by atoms with Gasteiger partial charge in [-0.25, -0.2) is 0 Å². The van der Waals surface area contributed by atoms with E-state index in [1.807, 2.05) is 47.8 Å². The van der Waals surface area contributed by atoms with Gasteiger partial charge in [0.15, 0.2) is 5.78 Å². The molecule has 0 radical (unpaired) electrons. The van der Waals surface area contributed by atoms with Crippen molar-refractivity contribution in [2.75, 3.05) is 0 Å². The van der Waals surface area contributed by atoms with Crippen LogP contribution in [0.2, 0.25) is 10.4 Å². The molecule has 0 aromatic heterocycles. The molecule has 2 aliphatic rings. The highest BCUT2D eigenvalue weighted by Gasteiger charge is 2.71. The number of carbonyl (C=O) groups excluding carboxylic acids is 1. The van der Waals surface area contributed by atoms with E-state index in [-0.39, 0.29) is 17.1 Å². The maximum Gasteiger partial charge on any atom is 0.283 e. The minimum Gasteiger partial charge on any atom is -0.385 e. The molecule has 1 saturated carbocycles. The number of Topliss-reactive ketones (excluding diaryl/α,β-unsaturated/α-hetero) is 1. The number of nitrogens with two attached hydrogens (primary N) is 1. The molecule has 0 amide bonds.